The van der Waals surface area contributed by atoms with Gasteiger partial charge in [-0.1, -0.05) is 18.2 Å². The number of halogens is 1. The summed E-state index contributed by atoms with van der Waals surface area (Å²) in [7, 11) is 0. The van der Waals surface area contributed by atoms with Gasteiger partial charge < -0.3 is 11.1 Å². The first-order valence-electron chi connectivity index (χ1n) is 8.40. The minimum atomic E-state index is -0.447. The van der Waals surface area contributed by atoms with E-state index in [4.69, 9.17) is 11.0 Å². The molecule has 0 saturated carbocycles. The summed E-state index contributed by atoms with van der Waals surface area (Å²) >= 11 is 0. The third-order valence-electron chi connectivity index (χ3n) is 4.11. The molecule has 0 radical (unpaired) electrons. The van der Waals surface area contributed by atoms with Gasteiger partial charge in [-0.15, -0.1) is 0 Å². The van der Waals surface area contributed by atoms with Crippen LogP contribution in [0.1, 0.15) is 23.2 Å². The number of nitrogens with one attached hydrogen (secondary N) is 1. The van der Waals surface area contributed by atoms with Gasteiger partial charge in [0, 0.05) is 6.54 Å². The first kappa shape index (κ1) is 18.0. The molecular formula is C20H17FN6. The summed E-state index contributed by atoms with van der Waals surface area (Å²) < 4.78 is 14.7. The molecule has 0 fully saturated rings. The molecule has 0 atom stereocenters. The van der Waals surface area contributed by atoms with Gasteiger partial charge in [-0.2, -0.15) is 15.6 Å². The monoisotopic (exact) mass is 360 g/mol. The number of para-hydroxylation sites is 1. The lowest BCUT2D eigenvalue weighted by atomic mass is 10.1. The number of nitrogens with zero attached hydrogens (tertiary/aromatic N) is 4. The molecule has 1 heterocycles. The molecule has 1 aromatic heterocycles. The number of aromatic nitrogens is 2. The summed E-state index contributed by atoms with van der Waals surface area (Å²) in [6.07, 6.45) is 1.21. The Labute approximate surface area is 156 Å². The number of hydrogen-bond acceptors (Lipinski definition) is 5. The quantitative estimate of drug-likeness (QED) is 0.656. The molecular weight excluding hydrogens is 343 g/mol. The van der Waals surface area contributed by atoms with Gasteiger partial charge in [0.25, 0.3) is 0 Å². The Balaban J connectivity index is 1.69. The Kier molecular flexibility index (Phi) is 5.34. The Morgan fingerprint density at radius 3 is 2.59 bits per heavy atom. The van der Waals surface area contributed by atoms with Crippen LogP contribution in [0.2, 0.25) is 0 Å². The van der Waals surface area contributed by atoms with Gasteiger partial charge in [0.15, 0.2) is 0 Å². The third-order valence-corrected chi connectivity index (χ3v) is 4.11. The second kappa shape index (κ2) is 8.03. The van der Waals surface area contributed by atoms with Crippen molar-refractivity contribution < 1.29 is 4.39 Å². The van der Waals surface area contributed by atoms with Crippen LogP contribution in [0.25, 0.3) is 5.69 Å². The van der Waals surface area contributed by atoms with Gasteiger partial charge in [-0.25, -0.2) is 9.07 Å². The molecule has 0 spiro atoms. The molecule has 7 heteroatoms. The number of rotatable bonds is 6. The summed E-state index contributed by atoms with van der Waals surface area (Å²) in [4.78, 5) is 0. The first-order chi connectivity index (χ1) is 13.1. The molecule has 0 aliphatic rings. The molecule has 0 aliphatic carbocycles. The van der Waals surface area contributed by atoms with E-state index in [9.17, 15) is 9.65 Å². The number of nitrogen functional groups attached to an aromatic ring is 1. The first-order valence-corrected chi connectivity index (χ1v) is 8.40. The van der Waals surface area contributed by atoms with Crippen LogP contribution in [-0.2, 0) is 6.42 Å². The molecule has 3 rings (SSSR count). The second-order valence-corrected chi connectivity index (χ2v) is 5.90. The van der Waals surface area contributed by atoms with E-state index in [1.165, 1.54) is 18.2 Å². The minimum Gasteiger partial charge on any atom is -0.384 e. The summed E-state index contributed by atoms with van der Waals surface area (Å²) in [6.45, 7) is 0.545. The summed E-state index contributed by atoms with van der Waals surface area (Å²) in [6, 6.07) is 17.5. The SMILES string of the molecule is N#Cc1cc(F)ccc1NCCCc1nn(-c2ccccc2)c(N)c1C#N. The Bertz CT molecular complexity index is 1030. The van der Waals surface area contributed by atoms with E-state index in [0.29, 0.717) is 42.1 Å². The smallest absolute Gasteiger partial charge is 0.145 e. The lowest BCUT2D eigenvalue weighted by molar-refractivity contribution is 0.627. The Morgan fingerprint density at radius 2 is 1.89 bits per heavy atom. The molecule has 0 saturated heterocycles. The molecule has 3 aromatic rings. The van der Waals surface area contributed by atoms with Crippen molar-refractivity contribution in [2.24, 2.45) is 0 Å². The second-order valence-electron chi connectivity index (χ2n) is 5.90. The molecule has 27 heavy (non-hydrogen) atoms. The van der Waals surface area contributed by atoms with Crippen LogP contribution >= 0.6 is 0 Å². The van der Waals surface area contributed by atoms with Crippen molar-refractivity contribution >= 4 is 11.5 Å². The number of nitriles is 2. The molecule has 6 nitrogen and oxygen atoms in total. The molecule has 0 aliphatic heterocycles. The van der Waals surface area contributed by atoms with Crippen LogP contribution in [-0.4, -0.2) is 16.3 Å². The maximum Gasteiger partial charge on any atom is 0.145 e. The fourth-order valence-corrected chi connectivity index (χ4v) is 2.78. The van der Waals surface area contributed by atoms with E-state index < -0.39 is 5.82 Å². The lowest BCUT2D eigenvalue weighted by Crippen LogP contribution is -2.05. The van der Waals surface area contributed by atoms with Gasteiger partial charge >= 0.3 is 0 Å². The number of benzene rings is 2. The zero-order chi connectivity index (χ0) is 19.2. The highest BCUT2D eigenvalue weighted by Crippen LogP contribution is 2.22. The van der Waals surface area contributed by atoms with Crippen LogP contribution in [0.5, 0.6) is 0 Å². The number of nitrogens with two attached hydrogens (primary N) is 1. The molecule has 0 bridgehead atoms. The van der Waals surface area contributed by atoms with Crippen molar-refractivity contribution in [2.75, 3.05) is 17.6 Å². The fourth-order valence-electron chi connectivity index (χ4n) is 2.78. The number of hydrogen-bond donors (Lipinski definition) is 2. The van der Waals surface area contributed by atoms with Crippen LogP contribution in [0.3, 0.4) is 0 Å². The zero-order valence-corrected chi connectivity index (χ0v) is 14.5. The number of aryl methyl sites for hydroxylation is 1. The van der Waals surface area contributed by atoms with Crippen LogP contribution in [0.15, 0.2) is 48.5 Å². The van der Waals surface area contributed by atoms with Gasteiger partial charge in [0.1, 0.15) is 29.3 Å². The zero-order valence-electron chi connectivity index (χ0n) is 14.5. The predicted octanol–water partition coefficient (Wildman–Crippen LogP) is 3.38. The van der Waals surface area contributed by atoms with Gasteiger partial charge in [-0.3, -0.25) is 0 Å². The molecule has 3 N–H and O–H groups in total. The van der Waals surface area contributed by atoms with Crippen LogP contribution < -0.4 is 11.1 Å². The van der Waals surface area contributed by atoms with Crippen molar-refractivity contribution in [3.05, 3.63) is 71.2 Å². The average molecular weight is 360 g/mol. The third kappa shape index (κ3) is 3.88. The Morgan fingerprint density at radius 1 is 1.11 bits per heavy atom. The highest BCUT2D eigenvalue weighted by molar-refractivity contribution is 5.58. The van der Waals surface area contributed by atoms with Crippen molar-refractivity contribution in [2.45, 2.75) is 12.8 Å². The largest absolute Gasteiger partial charge is 0.384 e. The maximum atomic E-state index is 13.2. The van der Waals surface area contributed by atoms with Crippen molar-refractivity contribution in [3.63, 3.8) is 0 Å². The van der Waals surface area contributed by atoms with E-state index in [0.717, 1.165) is 5.69 Å². The van der Waals surface area contributed by atoms with E-state index >= 15 is 0 Å². The fraction of sp³-hybridized carbons (Fsp3) is 0.150. The summed E-state index contributed by atoms with van der Waals surface area (Å²) in [5.41, 5.74) is 8.71. The van der Waals surface area contributed by atoms with Crippen LogP contribution in [0.4, 0.5) is 15.9 Å². The van der Waals surface area contributed by atoms with E-state index in [2.05, 4.69) is 16.5 Å². The highest BCUT2D eigenvalue weighted by Gasteiger charge is 2.16. The van der Waals surface area contributed by atoms with Crippen LogP contribution in [0, 0.1) is 28.5 Å². The molecule has 134 valence electrons. The maximum absolute atomic E-state index is 13.2. The van der Waals surface area contributed by atoms with Crippen molar-refractivity contribution in [1.82, 2.24) is 9.78 Å². The lowest BCUT2D eigenvalue weighted by Gasteiger charge is -2.07. The topological polar surface area (TPSA) is 103 Å². The normalized spacial score (nSPS) is 10.2. The van der Waals surface area contributed by atoms with E-state index in [1.54, 1.807) is 4.68 Å². The standard InChI is InChI=1S/C20H17FN6/c21-15-8-9-18(14(11-15)12-22)25-10-4-7-19-17(13-23)20(24)27(26-19)16-5-2-1-3-6-16/h1-3,5-6,8-9,11,25H,4,7,10,24H2. The van der Waals surface area contributed by atoms with Gasteiger partial charge in [0.2, 0.25) is 0 Å². The highest BCUT2D eigenvalue weighted by atomic mass is 19.1. The Hall–Kier alpha value is -3.84. The van der Waals surface area contributed by atoms with E-state index in [1.807, 2.05) is 36.4 Å². The van der Waals surface area contributed by atoms with E-state index in [-0.39, 0.29) is 5.56 Å². The van der Waals surface area contributed by atoms with Gasteiger partial charge in [-0.05, 0) is 43.2 Å². The molecule has 0 amide bonds. The van der Waals surface area contributed by atoms with Gasteiger partial charge in [0.05, 0.1) is 22.6 Å². The number of anilines is 2. The summed E-state index contributed by atoms with van der Waals surface area (Å²) in [5.74, 6) is -0.130. The summed E-state index contributed by atoms with van der Waals surface area (Å²) in [5, 5.41) is 26.1. The average Bonchev–Trinajstić information content (AvgIpc) is 3.02. The van der Waals surface area contributed by atoms with Crippen molar-refractivity contribution in [3.8, 4) is 17.8 Å². The molecule has 0 unspecified atom stereocenters. The minimum absolute atomic E-state index is 0.255. The predicted molar refractivity (Wildman–Crippen MR) is 101 cm³/mol. The molecule has 2 aromatic carbocycles. The van der Waals surface area contributed by atoms with Crippen molar-refractivity contribution in [1.29, 1.82) is 10.5 Å².